The average Bonchev–Trinajstić information content (AvgIpc) is 2.74. The van der Waals surface area contributed by atoms with Crippen LogP contribution in [0.2, 0.25) is 5.02 Å². The van der Waals surface area contributed by atoms with Crippen molar-refractivity contribution in [3.8, 4) is 5.88 Å². The SMILES string of the molecule is COc1nc2ccccc2nc1N1CCCC(C(=O)Nc2ccc(Cl)cc2C)C1. The van der Waals surface area contributed by atoms with Gasteiger partial charge in [-0.25, -0.2) is 9.97 Å². The predicted octanol–water partition coefficient (Wildman–Crippen LogP) is 4.46. The Balaban J connectivity index is 1.55. The number of halogens is 1. The summed E-state index contributed by atoms with van der Waals surface area (Å²) in [7, 11) is 1.60. The van der Waals surface area contributed by atoms with Gasteiger partial charge in [0, 0.05) is 23.8 Å². The molecule has 1 aliphatic heterocycles. The summed E-state index contributed by atoms with van der Waals surface area (Å²) in [4.78, 5) is 24.4. The molecule has 0 bridgehead atoms. The molecule has 2 heterocycles. The molecule has 1 fully saturated rings. The number of fused-ring (bicyclic) bond motifs is 1. The van der Waals surface area contributed by atoms with Crippen LogP contribution >= 0.6 is 11.6 Å². The van der Waals surface area contributed by atoms with Crippen LogP contribution in [0.5, 0.6) is 5.88 Å². The van der Waals surface area contributed by atoms with Crippen molar-refractivity contribution >= 4 is 40.0 Å². The van der Waals surface area contributed by atoms with Crippen LogP contribution in [0, 0.1) is 12.8 Å². The molecule has 29 heavy (non-hydrogen) atoms. The molecular weight excluding hydrogens is 388 g/mol. The maximum atomic E-state index is 12.9. The number of methoxy groups -OCH3 is 1. The molecule has 0 aliphatic carbocycles. The fraction of sp³-hybridized carbons (Fsp3) is 0.318. The van der Waals surface area contributed by atoms with Crippen molar-refractivity contribution in [3.63, 3.8) is 0 Å². The summed E-state index contributed by atoms with van der Waals surface area (Å²) in [6.45, 7) is 3.32. The van der Waals surface area contributed by atoms with E-state index in [1.54, 1.807) is 13.2 Å². The van der Waals surface area contributed by atoms with Gasteiger partial charge in [-0.05, 0) is 55.7 Å². The van der Waals surface area contributed by atoms with Crippen LogP contribution in [0.3, 0.4) is 0 Å². The van der Waals surface area contributed by atoms with Gasteiger partial charge in [0.25, 0.3) is 5.88 Å². The highest BCUT2D eigenvalue weighted by Gasteiger charge is 2.29. The molecule has 7 heteroatoms. The molecule has 1 unspecified atom stereocenters. The third kappa shape index (κ3) is 4.12. The van der Waals surface area contributed by atoms with E-state index in [1.807, 2.05) is 43.3 Å². The number of carbonyl (C=O) groups excluding carboxylic acids is 1. The summed E-state index contributed by atoms with van der Waals surface area (Å²) in [6, 6.07) is 13.2. The number of anilines is 2. The van der Waals surface area contributed by atoms with Gasteiger partial charge in [-0.15, -0.1) is 0 Å². The fourth-order valence-corrected chi connectivity index (χ4v) is 3.93. The molecule has 1 saturated heterocycles. The first-order valence-corrected chi connectivity index (χ1v) is 10.1. The van der Waals surface area contributed by atoms with E-state index in [1.165, 1.54) is 0 Å². The van der Waals surface area contributed by atoms with E-state index in [0.717, 1.165) is 41.7 Å². The first-order chi connectivity index (χ1) is 14.0. The normalized spacial score (nSPS) is 16.7. The number of aromatic nitrogens is 2. The van der Waals surface area contributed by atoms with Crippen LogP contribution in [-0.4, -0.2) is 36.1 Å². The first-order valence-electron chi connectivity index (χ1n) is 9.68. The number of carbonyl (C=O) groups is 1. The molecule has 3 aromatic rings. The van der Waals surface area contributed by atoms with E-state index in [4.69, 9.17) is 21.3 Å². The van der Waals surface area contributed by atoms with E-state index < -0.39 is 0 Å². The lowest BCUT2D eigenvalue weighted by atomic mass is 9.97. The zero-order valence-electron chi connectivity index (χ0n) is 16.5. The average molecular weight is 411 g/mol. The standard InChI is InChI=1S/C22H23ClN4O2/c1-14-12-16(23)9-10-17(14)25-21(28)15-6-5-11-27(13-15)20-22(29-2)26-19-8-4-3-7-18(19)24-20/h3-4,7-10,12,15H,5-6,11,13H2,1-2H3,(H,25,28). The topological polar surface area (TPSA) is 67.4 Å². The molecular formula is C22H23ClN4O2. The van der Waals surface area contributed by atoms with E-state index >= 15 is 0 Å². The Morgan fingerprint density at radius 1 is 1.21 bits per heavy atom. The Morgan fingerprint density at radius 2 is 1.97 bits per heavy atom. The lowest BCUT2D eigenvalue weighted by molar-refractivity contribution is -0.120. The van der Waals surface area contributed by atoms with Crippen LogP contribution < -0.4 is 15.0 Å². The van der Waals surface area contributed by atoms with Crippen molar-refractivity contribution in [1.82, 2.24) is 9.97 Å². The maximum absolute atomic E-state index is 12.9. The minimum absolute atomic E-state index is 0.00726. The minimum atomic E-state index is -0.142. The second-order valence-electron chi connectivity index (χ2n) is 7.28. The van der Waals surface area contributed by atoms with Gasteiger partial charge in [-0.2, -0.15) is 0 Å². The van der Waals surface area contributed by atoms with Gasteiger partial charge in [0.2, 0.25) is 5.91 Å². The molecule has 1 atom stereocenters. The molecule has 6 nitrogen and oxygen atoms in total. The van der Waals surface area contributed by atoms with Gasteiger partial charge in [-0.1, -0.05) is 23.7 Å². The van der Waals surface area contributed by atoms with E-state index in [9.17, 15) is 4.79 Å². The van der Waals surface area contributed by atoms with Crippen molar-refractivity contribution in [1.29, 1.82) is 0 Å². The largest absolute Gasteiger partial charge is 0.478 e. The highest BCUT2D eigenvalue weighted by molar-refractivity contribution is 6.30. The number of nitrogens with one attached hydrogen (secondary N) is 1. The zero-order chi connectivity index (χ0) is 20.4. The second kappa shape index (κ2) is 8.25. The highest BCUT2D eigenvalue weighted by Crippen LogP contribution is 2.31. The van der Waals surface area contributed by atoms with Crippen molar-refractivity contribution in [3.05, 3.63) is 53.1 Å². The van der Waals surface area contributed by atoms with Crippen molar-refractivity contribution < 1.29 is 9.53 Å². The number of aryl methyl sites for hydroxylation is 1. The second-order valence-corrected chi connectivity index (χ2v) is 7.72. The number of piperidine rings is 1. The van der Waals surface area contributed by atoms with Crippen LogP contribution in [0.4, 0.5) is 11.5 Å². The van der Waals surface area contributed by atoms with Gasteiger partial charge >= 0.3 is 0 Å². The molecule has 4 rings (SSSR count). The minimum Gasteiger partial charge on any atom is -0.478 e. The number of hydrogen-bond donors (Lipinski definition) is 1. The molecule has 0 saturated carbocycles. The van der Waals surface area contributed by atoms with Crippen LogP contribution in [0.1, 0.15) is 18.4 Å². The van der Waals surface area contributed by atoms with Crippen molar-refractivity contribution in [2.75, 3.05) is 30.4 Å². The smallest absolute Gasteiger partial charge is 0.257 e. The summed E-state index contributed by atoms with van der Waals surface area (Å²) in [6.07, 6.45) is 1.73. The summed E-state index contributed by atoms with van der Waals surface area (Å²) in [5, 5.41) is 3.70. The van der Waals surface area contributed by atoms with E-state index in [2.05, 4.69) is 15.2 Å². The quantitative estimate of drug-likeness (QED) is 0.688. The van der Waals surface area contributed by atoms with Crippen molar-refractivity contribution in [2.24, 2.45) is 5.92 Å². The van der Waals surface area contributed by atoms with Gasteiger partial charge in [0.05, 0.1) is 24.1 Å². The van der Waals surface area contributed by atoms with Crippen LogP contribution in [0.25, 0.3) is 11.0 Å². The number of para-hydroxylation sites is 2. The Hall–Kier alpha value is -2.86. The fourth-order valence-electron chi connectivity index (χ4n) is 3.70. The third-order valence-corrected chi connectivity index (χ3v) is 5.49. The Morgan fingerprint density at radius 3 is 2.69 bits per heavy atom. The maximum Gasteiger partial charge on any atom is 0.257 e. The summed E-state index contributed by atoms with van der Waals surface area (Å²) >= 11 is 6.02. The highest BCUT2D eigenvalue weighted by atomic mass is 35.5. The number of nitrogens with zero attached hydrogens (tertiary/aromatic N) is 3. The van der Waals surface area contributed by atoms with E-state index in [-0.39, 0.29) is 11.8 Å². The number of benzene rings is 2. The Labute approximate surface area is 174 Å². The molecule has 1 aliphatic rings. The molecule has 1 amide bonds. The molecule has 0 radical (unpaired) electrons. The van der Waals surface area contributed by atoms with Gasteiger partial charge in [0.1, 0.15) is 0 Å². The number of ether oxygens (including phenoxy) is 1. The lowest BCUT2D eigenvalue weighted by Crippen LogP contribution is -2.41. The summed E-state index contributed by atoms with van der Waals surface area (Å²) < 4.78 is 5.50. The molecule has 1 aromatic heterocycles. The third-order valence-electron chi connectivity index (χ3n) is 5.25. The monoisotopic (exact) mass is 410 g/mol. The summed E-state index contributed by atoms with van der Waals surface area (Å²) in [5.74, 6) is 1.04. The number of hydrogen-bond acceptors (Lipinski definition) is 5. The Kier molecular flexibility index (Phi) is 5.53. The first kappa shape index (κ1) is 19.5. The van der Waals surface area contributed by atoms with Crippen LogP contribution in [-0.2, 0) is 4.79 Å². The zero-order valence-corrected chi connectivity index (χ0v) is 17.2. The molecule has 0 spiro atoms. The Bertz CT molecular complexity index is 1060. The van der Waals surface area contributed by atoms with Gasteiger partial charge < -0.3 is 15.0 Å². The van der Waals surface area contributed by atoms with E-state index in [0.29, 0.717) is 23.3 Å². The molecule has 1 N–H and O–H groups in total. The molecule has 2 aromatic carbocycles. The number of amides is 1. The predicted molar refractivity (Wildman–Crippen MR) is 116 cm³/mol. The lowest BCUT2D eigenvalue weighted by Gasteiger charge is -2.33. The van der Waals surface area contributed by atoms with Crippen LogP contribution in [0.15, 0.2) is 42.5 Å². The molecule has 150 valence electrons. The van der Waals surface area contributed by atoms with Gasteiger partial charge in [0.15, 0.2) is 5.82 Å². The van der Waals surface area contributed by atoms with Gasteiger partial charge in [-0.3, -0.25) is 4.79 Å². The van der Waals surface area contributed by atoms with Crippen molar-refractivity contribution in [2.45, 2.75) is 19.8 Å². The number of rotatable bonds is 4. The summed E-state index contributed by atoms with van der Waals surface area (Å²) in [5.41, 5.74) is 3.34.